The number of carbonyl (C=O) groups is 1. The minimum atomic E-state index is -1.06. The van der Waals surface area contributed by atoms with Gasteiger partial charge >= 0.3 is 0 Å². The van der Waals surface area contributed by atoms with Crippen molar-refractivity contribution in [2.24, 2.45) is 5.73 Å². The first-order valence-electron chi connectivity index (χ1n) is 5.81. The van der Waals surface area contributed by atoms with Crippen molar-refractivity contribution in [3.05, 3.63) is 35.4 Å². The number of hydrogen-bond donors (Lipinski definition) is 3. The Bertz CT molecular complexity index is 465. The maximum Gasteiger partial charge on any atom is 0.185 e. The molecule has 4 N–H and O–H groups in total. The van der Waals surface area contributed by atoms with Gasteiger partial charge in [0.15, 0.2) is 5.12 Å². The van der Waals surface area contributed by atoms with Gasteiger partial charge in [0.1, 0.15) is 11.1 Å². The lowest BCUT2D eigenvalue weighted by atomic mass is 9.97. The lowest BCUT2D eigenvalue weighted by molar-refractivity contribution is -0.109. The molecule has 4 nitrogen and oxygen atoms in total. The zero-order chi connectivity index (χ0) is 14.4. The van der Waals surface area contributed by atoms with Crippen LogP contribution in [-0.4, -0.2) is 32.2 Å². The van der Waals surface area contributed by atoms with Crippen molar-refractivity contribution in [2.45, 2.75) is 25.6 Å². The highest BCUT2D eigenvalue weighted by molar-refractivity contribution is 8.13. The van der Waals surface area contributed by atoms with E-state index >= 15 is 0 Å². The van der Waals surface area contributed by atoms with E-state index in [1.807, 2.05) is 0 Å². The first-order chi connectivity index (χ1) is 8.93. The van der Waals surface area contributed by atoms with Gasteiger partial charge in [-0.1, -0.05) is 48.2 Å². The molecule has 6 heteroatoms. The van der Waals surface area contributed by atoms with Gasteiger partial charge in [0.25, 0.3) is 0 Å². The Balaban J connectivity index is 2.73. The number of benzene rings is 1. The van der Waals surface area contributed by atoms with Crippen molar-refractivity contribution in [2.75, 3.05) is 5.75 Å². The van der Waals surface area contributed by atoms with Gasteiger partial charge in [0.2, 0.25) is 0 Å². The molecule has 0 saturated heterocycles. The average molecular weight is 299 g/mol. The monoisotopic (exact) mass is 299 g/mol. The summed E-state index contributed by atoms with van der Waals surface area (Å²) in [5, 5.41) is 20.0. The minimum absolute atomic E-state index is 0.00905. The normalized spacial score (nSPS) is 13.8. The SMILES string of the molecule is CC(=O)SCCC(O)C(O)c1ccccc1C(N)=S. The molecular weight excluding hydrogens is 282 g/mol. The Morgan fingerprint density at radius 1 is 1.42 bits per heavy atom. The number of carbonyl (C=O) groups excluding carboxylic acids is 1. The third-order valence-corrected chi connectivity index (χ3v) is 3.69. The van der Waals surface area contributed by atoms with Crippen molar-refractivity contribution >= 4 is 34.1 Å². The molecule has 0 saturated carbocycles. The van der Waals surface area contributed by atoms with Crippen LogP contribution in [0.4, 0.5) is 0 Å². The Labute approximate surface area is 122 Å². The molecule has 1 rings (SSSR count). The van der Waals surface area contributed by atoms with Gasteiger partial charge in [0.05, 0.1) is 6.10 Å². The second-order valence-electron chi connectivity index (χ2n) is 4.09. The van der Waals surface area contributed by atoms with E-state index in [0.717, 1.165) is 11.8 Å². The molecule has 0 aliphatic heterocycles. The maximum absolute atomic E-state index is 10.8. The molecule has 104 valence electrons. The molecule has 0 aliphatic rings. The van der Waals surface area contributed by atoms with Crippen LogP contribution in [0.3, 0.4) is 0 Å². The fourth-order valence-electron chi connectivity index (χ4n) is 1.67. The lowest BCUT2D eigenvalue weighted by Crippen LogP contribution is -2.23. The Kier molecular flexibility index (Phi) is 6.44. The summed E-state index contributed by atoms with van der Waals surface area (Å²) in [6, 6.07) is 6.90. The number of thioether (sulfide) groups is 1. The molecule has 2 unspecified atom stereocenters. The number of nitrogens with two attached hydrogens (primary N) is 1. The van der Waals surface area contributed by atoms with Crippen LogP contribution in [0, 0.1) is 0 Å². The summed E-state index contributed by atoms with van der Waals surface area (Å²) in [6.45, 7) is 1.47. The topological polar surface area (TPSA) is 83.5 Å². The third-order valence-electron chi connectivity index (χ3n) is 2.63. The number of hydrogen-bond acceptors (Lipinski definition) is 5. The van der Waals surface area contributed by atoms with Crippen LogP contribution >= 0.6 is 24.0 Å². The van der Waals surface area contributed by atoms with E-state index in [4.69, 9.17) is 18.0 Å². The predicted molar refractivity (Wildman–Crippen MR) is 81.1 cm³/mol. The van der Waals surface area contributed by atoms with Crippen LogP contribution < -0.4 is 5.73 Å². The fourth-order valence-corrected chi connectivity index (χ4v) is 2.50. The number of aliphatic hydroxyl groups excluding tert-OH is 2. The molecular formula is C13H17NO3S2. The number of rotatable bonds is 6. The quantitative estimate of drug-likeness (QED) is 0.688. The molecule has 1 aromatic rings. The van der Waals surface area contributed by atoms with Gasteiger partial charge < -0.3 is 15.9 Å². The van der Waals surface area contributed by atoms with Gasteiger partial charge in [-0.25, -0.2) is 0 Å². The molecule has 0 amide bonds. The molecule has 0 fully saturated rings. The summed E-state index contributed by atoms with van der Waals surface area (Å²) in [6.07, 6.45) is -1.70. The van der Waals surface area contributed by atoms with Gasteiger partial charge in [-0.05, 0) is 12.0 Å². The molecule has 2 atom stereocenters. The standard InChI is InChI=1S/C13H17NO3S2/c1-8(15)19-7-6-11(16)12(17)9-4-2-3-5-10(9)13(14)18/h2-5,11-12,16-17H,6-7H2,1H3,(H2,14,18). The highest BCUT2D eigenvalue weighted by atomic mass is 32.2. The van der Waals surface area contributed by atoms with Crippen molar-refractivity contribution in [1.29, 1.82) is 0 Å². The van der Waals surface area contributed by atoms with E-state index in [-0.39, 0.29) is 10.1 Å². The van der Waals surface area contributed by atoms with Crippen LogP contribution in [-0.2, 0) is 4.79 Å². The Morgan fingerprint density at radius 2 is 2.05 bits per heavy atom. The third kappa shape index (κ3) is 4.91. The summed E-state index contributed by atoms with van der Waals surface area (Å²) >= 11 is 6.04. The highest BCUT2D eigenvalue weighted by Crippen LogP contribution is 2.23. The Hall–Kier alpha value is -0.950. The first kappa shape index (κ1) is 16.1. The average Bonchev–Trinajstić information content (AvgIpc) is 2.37. The zero-order valence-electron chi connectivity index (χ0n) is 10.6. The molecule has 0 bridgehead atoms. The van der Waals surface area contributed by atoms with Gasteiger partial charge in [-0.2, -0.15) is 0 Å². The molecule has 19 heavy (non-hydrogen) atoms. The molecule has 1 aromatic carbocycles. The van der Waals surface area contributed by atoms with E-state index in [9.17, 15) is 15.0 Å². The second-order valence-corrected chi connectivity index (χ2v) is 5.80. The second kappa shape index (κ2) is 7.59. The van der Waals surface area contributed by atoms with Crippen molar-refractivity contribution in [3.8, 4) is 0 Å². The largest absolute Gasteiger partial charge is 0.390 e. The number of aliphatic hydroxyl groups is 2. The summed E-state index contributed by atoms with van der Waals surface area (Å²) in [5.41, 5.74) is 6.65. The highest BCUT2D eigenvalue weighted by Gasteiger charge is 2.21. The summed E-state index contributed by atoms with van der Waals surface area (Å²) in [4.78, 5) is 11.0. The van der Waals surface area contributed by atoms with Gasteiger partial charge in [-0.15, -0.1) is 0 Å². The zero-order valence-corrected chi connectivity index (χ0v) is 12.2. The molecule has 0 spiro atoms. The maximum atomic E-state index is 10.8. The fraction of sp³-hybridized carbons (Fsp3) is 0.385. The molecule has 0 aromatic heterocycles. The van der Waals surface area contributed by atoms with Crippen LogP contribution in [0.2, 0.25) is 0 Å². The van der Waals surface area contributed by atoms with Crippen molar-refractivity contribution in [1.82, 2.24) is 0 Å². The summed E-state index contributed by atoms with van der Waals surface area (Å²) in [7, 11) is 0. The smallest absolute Gasteiger partial charge is 0.185 e. The first-order valence-corrected chi connectivity index (χ1v) is 7.21. The van der Waals surface area contributed by atoms with Crippen LogP contribution in [0.5, 0.6) is 0 Å². The van der Waals surface area contributed by atoms with Crippen molar-refractivity contribution < 1.29 is 15.0 Å². The van der Waals surface area contributed by atoms with Crippen LogP contribution in [0.1, 0.15) is 30.6 Å². The van der Waals surface area contributed by atoms with E-state index in [1.54, 1.807) is 24.3 Å². The molecule has 0 aliphatic carbocycles. The van der Waals surface area contributed by atoms with Crippen LogP contribution in [0.25, 0.3) is 0 Å². The summed E-state index contributed by atoms with van der Waals surface area (Å²) in [5.74, 6) is 0.461. The molecule has 0 heterocycles. The van der Waals surface area contributed by atoms with E-state index in [0.29, 0.717) is 23.3 Å². The minimum Gasteiger partial charge on any atom is -0.390 e. The molecule has 0 radical (unpaired) electrons. The van der Waals surface area contributed by atoms with Crippen LogP contribution in [0.15, 0.2) is 24.3 Å². The van der Waals surface area contributed by atoms with Gasteiger partial charge in [0, 0.05) is 18.2 Å². The van der Waals surface area contributed by atoms with Gasteiger partial charge in [-0.3, -0.25) is 4.79 Å². The summed E-state index contributed by atoms with van der Waals surface area (Å²) < 4.78 is 0. The van der Waals surface area contributed by atoms with E-state index < -0.39 is 12.2 Å². The van der Waals surface area contributed by atoms with E-state index in [1.165, 1.54) is 6.92 Å². The van der Waals surface area contributed by atoms with E-state index in [2.05, 4.69) is 0 Å². The number of thiocarbonyl (C=S) groups is 1. The van der Waals surface area contributed by atoms with Crippen molar-refractivity contribution in [3.63, 3.8) is 0 Å². The Morgan fingerprint density at radius 3 is 2.63 bits per heavy atom. The lowest BCUT2D eigenvalue weighted by Gasteiger charge is -2.20. The predicted octanol–water partition coefficient (Wildman–Crippen LogP) is 1.38.